The maximum atomic E-state index is 13.4. The maximum Gasteiger partial charge on any atom is 0.228 e. The molecule has 6 heteroatoms. The van der Waals surface area contributed by atoms with E-state index >= 15 is 0 Å². The van der Waals surface area contributed by atoms with Crippen LogP contribution in [0.1, 0.15) is 53.6 Å². The zero-order valence-corrected chi connectivity index (χ0v) is 13.0. The van der Waals surface area contributed by atoms with E-state index in [2.05, 4.69) is 46.2 Å². The lowest BCUT2D eigenvalue weighted by Crippen LogP contribution is -2.14. The summed E-state index contributed by atoms with van der Waals surface area (Å²) in [4.78, 5) is 12.0. The van der Waals surface area contributed by atoms with Gasteiger partial charge in [-0.2, -0.15) is 15.0 Å². The molecule has 0 radical (unpaired) electrons. The van der Waals surface area contributed by atoms with E-state index in [9.17, 15) is 4.39 Å². The van der Waals surface area contributed by atoms with Crippen LogP contribution >= 0.6 is 0 Å². The molecule has 22 heavy (non-hydrogen) atoms. The van der Waals surface area contributed by atoms with E-state index in [4.69, 9.17) is 5.73 Å². The zero-order valence-electron chi connectivity index (χ0n) is 13.0. The van der Waals surface area contributed by atoms with Crippen molar-refractivity contribution in [2.45, 2.75) is 45.8 Å². The van der Waals surface area contributed by atoms with Crippen molar-refractivity contribution in [2.24, 2.45) is 0 Å². The molecule has 116 valence electrons. The van der Waals surface area contributed by atoms with Gasteiger partial charge in [0.15, 0.2) is 12.0 Å². The molecule has 0 fully saturated rings. The first-order valence-electron chi connectivity index (χ1n) is 7.46. The van der Waals surface area contributed by atoms with Crippen molar-refractivity contribution < 1.29 is 4.39 Å². The van der Waals surface area contributed by atoms with Crippen molar-refractivity contribution in [3.63, 3.8) is 0 Å². The first-order valence-corrected chi connectivity index (χ1v) is 7.46. The van der Waals surface area contributed by atoms with Gasteiger partial charge in [-0.3, -0.25) is 0 Å². The Morgan fingerprint density at radius 1 is 1.23 bits per heavy atom. The first kappa shape index (κ1) is 14.7. The van der Waals surface area contributed by atoms with Gasteiger partial charge in [0.1, 0.15) is 0 Å². The highest BCUT2D eigenvalue weighted by Crippen LogP contribution is 2.35. The number of nitrogens with zero attached hydrogens (tertiary/aromatic N) is 3. The normalized spacial score (nSPS) is 18.1. The molecule has 1 aromatic heterocycles. The topological polar surface area (TPSA) is 76.7 Å². The van der Waals surface area contributed by atoms with E-state index in [1.54, 1.807) is 0 Å². The van der Waals surface area contributed by atoms with Crippen LogP contribution in [0.3, 0.4) is 0 Å². The third-order valence-electron chi connectivity index (χ3n) is 4.16. The fourth-order valence-electron chi connectivity index (χ4n) is 2.85. The van der Waals surface area contributed by atoms with Crippen molar-refractivity contribution in [2.75, 3.05) is 11.1 Å². The summed E-state index contributed by atoms with van der Waals surface area (Å²) in [5, 5.41) is 3.27. The van der Waals surface area contributed by atoms with Crippen molar-refractivity contribution in [1.29, 1.82) is 0 Å². The number of alkyl halides is 1. The molecular formula is C16H20FN5. The van der Waals surface area contributed by atoms with Crippen LogP contribution in [-0.4, -0.2) is 15.0 Å². The highest BCUT2D eigenvalue weighted by atomic mass is 19.1. The Kier molecular flexibility index (Phi) is 3.68. The van der Waals surface area contributed by atoms with Crippen LogP contribution in [0.5, 0.6) is 0 Å². The number of aromatic nitrogens is 3. The van der Waals surface area contributed by atoms with Gasteiger partial charge >= 0.3 is 0 Å². The van der Waals surface area contributed by atoms with Gasteiger partial charge in [0.2, 0.25) is 11.9 Å². The van der Waals surface area contributed by atoms with Gasteiger partial charge in [-0.15, -0.1) is 0 Å². The van der Waals surface area contributed by atoms with E-state index < -0.39 is 6.17 Å². The Balaban J connectivity index is 1.89. The summed E-state index contributed by atoms with van der Waals surface area (Å²) < 4.78 is 13.4. The number of nitrogens with two attached hydrogens (primary N) is 1. The third kappa shape index (κ3) is 2.73. The summed E-state index contributed by atoms with van der Waals surface area (Å²) in [5.74, 6) is 0.437. The van der Waals surface area contributed by atoms with Gasteiger partial charge < -0.3 is 11.1 Å². The second-order valence-electron chi connectivity index (χ2n) is 5.86. The molecule has 0 saturated heterocycles. The molecule has 0 saturated carbocycles. The van der Waals surface area contributed by atoms with Crippen molar-refractivity contribution in [1.82, 2.24) is 15.0 Å². The van der Waals surface area contributed by atoms with Gasteiger partial charge in [0.05, 0.1) is 6.04 Å². The number of nitrogen functional groups attached to an aromatic ring is 1. The van der Waals surface area contributed by atoms with Crippen LogP contribution in [0.4, 0.5) is 16.3 Å². The fourth-order valence-corrected chi connectivity index (χ4v) is 2.85. The molecular weight excluding hydrogens is 281 g/mol. The van der Waals surface area contributed by atoms with E-state index in [1.165, 1.54) is 29.2 Å². The largest absolute Gasteiger partial charge is 0.368 e. The lowest BCUT2D eigenvalue weighted by Gasteiger charge is -2.16. The van der Waals surface area contributed by atoms with E-state index in [1.807, 2.05) is 0 Å². The smallest absolute Gasteiger partial charge is 0.228 e. The van der Waals surface area contributed by atoms with Gasteiger partial charge in [0, 0.05) is 0 Å². The molecule has 1 heterocycles. The molecule has 0 bridgehead atoms. The Morgan fingerprint density at radius 2 is 1.95 bits per heavy atom. The number of fused-ring (bicyclic) bond motifs is 1. The zero-order chi connectivity index (χ0) is 15.9. The van der Waals surface area contributed by atoms with Gasteiger partial charge in [0.25, 0.3) is 0 Å². The van der Waals surface area contributed by atoms with Crippen molar-refractivity contribution >= 4 is 11.9 Å². The summed E-state index contributed by atoms with van der Waals surface area (Å²) >= 11 is 0. The molecule has 1 unspecified atom stereocenters. The van der Waals surface area contributed by atoms with Gasteiger partial charge in [-0.1, -0.05) is 12.1 Å². The molecule has 0 aliphatic heterocycles. The Morgan fingerprint density at radius 3 is 2.68 bits per heavy atom. The summed E-state index contributed by atoms with van der Waals surface area (Å²) in [5.41, 5.74) is 10.8. The standard InChI is InChI=1S/C16H20FN5/c1-8-6-11-4-5-13(12(11)7-9(8)2)19-16-21-14(10(3)17)20-15(18)22-16/h6-7,10,13H,4-5H2,1-3H3,(H3,18,19,20,21,22)/t10?,13-/m1/s1. The minimum absolute atomic E-state index is 0.0373. The second-order valence-corrected chi connectivity index (χ2v) is 5.86. The number of rotatable bonds is 3. The number of hydrogen-bond donors (Lipinski definition) is 2. The molecule has 0 spiro atoms. The van der Waals surface area contributed by atoms with Crippen LogP contribution in [0.2, 0.25) is 0 Å². The van der Waals surface area contributed by atoms with Crippen LogP contribution in [0.15, 0.2) is 12.1 Å². The summed E-state index contributed by atoms with van der Waals surface area (Å²) in [6.07, 6.45) is 0.706. The highest BCUT2D eigenvalue weighted by molar-refractivity contribution is 5.46. The third-order valence-corrected chi connectivity index (χ3v) is 4.16. The number of anilines is 2. The Bertz CT molecular complexity index is 714. The molecule has 3 N–H and O–H groups in total. The van der Waals surface area contributed by atoms with E-state index in [0.29, 0.717) is 5.95 Å². The van der Waals surface area contributed by atoms with Crippen LogP contribution in [-0.2, 0) is 6.42 Å². The van der Waals surface area contributed by atoms with E-state index in [0.717, 1.165) is 12.8 Å². The Hall–Kier alpha value is -2.24. The predicted molar refractivity (Wildman–Crippen MR) is 84.4 cm³/mol. The number of nitrogens with one attached hydrogen (secondary N) is 1. The number of halogens is 1. The summed E-state index contributed by atoms with van der Waals surface area (Å²) in [7, 11) is 0. The number of aryl methyl sites for hydroxylation is 3. The minimum atomic E-state index is -1.27. The van der Waals surface area contributed by atoms with Gasteiger partial charge in [-0.25, -0.2) is 4.39 Å². The Labute approximate surface area is 129 Å². The monoisotopic (exact) mass is 301 g/mol. The first-order chi connectivity index (χ1) is 10.4. The van der Waals surface area contributed by atoms with Crippen LogP contribution < -0.4 is 11.1 Å². The quantitative estimate of drug-likeness (QED) is 0.910. The molecule has 1 aromatic carbocycles. The molecule has 1 aliphatic rings. The molecule has 5 nitrogen and oxygen atoms in total. The molecule has 2 atom stereocenters. The lowest BCUT2D eigenvalue weighted by molar-refractivity contribution is 0.356. The lowest BCUT2D eigenvalue weighted by atomic mass is 10.0. The minimum Gasteiger partial charge on any atom is -0.368 e. The average Bonchev–Trinajstić information content (AvgIpc) is 2.81. The molecule has 3 rings (SSSR count). The summed E-state index contributed by atoms with van der Waals surface area (Å²) in [6, 6.07) is 4.57. The molecule has 1 aliphatic carbocycles. The average molecular weight is 301 g/mol. The van der Waals surface area contributed by atoms with Crippen LogP contribution in [0, 0.1) is 13.8 Å². The SMILES string of the molecule is Cc1cc2c(cc1C)[C@H](Nc1nc(N)nc(C(C)F)n1)CC2. The molecule has 0 amide bonds. The van der Waals surface area contributed by atoms with Gasteiger partial charge in [-0.05, 0) is 55.9 Å². The van der Waals surface area contributed by atoms with E-state index in [-0.39, 0.29) is 17.8 Å². The predicted octanol–water partition coefficient (Wildman–Crippen LogP) is 3.20. The number of benzene rings is 1. The number of hydrogen-bond acceptors (Lipinski definition) is 5. The summed E-state index contributed by atoms with van der Waals surface area (Å²) in [6.45, 7) is 5.61. The maximum absolute atomic E-state index is 13.4. The van der Waals surface area contributed by atoms with Crippen LogP contribution in [0.25, 0.3) is 0 Å². The van der Waals surface area contributed by atoms with Crippen molar-refractivity contribution in [3.05, 3.63) is 40.2 Å². The highest BCUT2D eigenvalue weighted by Gasteiger charge is 2.24. The fraction of sp³-hybridized carbons (Fsp3) is 0.438. The molecule has 2 aromatic rings. The second kappa shape index (κ2) is 5.51. The van der Waals surface area contributed by atoms with Crippen molar-refractivity contribution in [3.8, 4) is 0 Å².